The van der Waals surface area contributed by atoms with Crippen molar-refractivity contribution in [2.24, 2.45) is 5.10 Å². The minimum atomic E-state index is -0.516. The Morgan fingerprint density at radius 3 is 2.56 bits per heavy atom. The van der Waals surface area contributed by atoms with Crippen molar-refractivity contribution in [2.75, 3.05) is 0 Å². The summed E-state index contributed by atoms with van der Waals surface area (Å²) in [6.07, 6.45) is 8.87. The van der Waals surface area contributed by atoms with Crippen molar-refractivity contribution < 1.29 is 18.7 Å². The third-order valence-electron chi connectivity index (χ3n) is 3.35. The molecule has 0 aliphatic carbocycles. The lowest BCUT2D eigenvalue weighted by molar-refractivity contribution is -0.128. The van der Waals surface area contributed by atoms with Gasteiger partial charge in [0.25, 0.3) is 5.91 Å². The lowest BCUT2D eigenvalue weighted by Gasteiger charge is -2.02. The average molecular weight is 361 g/mol. The van der Waals surface area contributed by atoms with Crippen molar-refractivity contribution in [1.82, 2.24) is 10.4 Å². The van der Waals surface area contributed by atoms with Crippen LogP contribution in [0.15, 0.2) is 82.8 Å². The summed E-state index contributed by atoms with van der Waals surface area (Å²) in [4.78, 5) is 27.4. The van der Waals surface area contributed by atoms with E-state index < -0.39 is 5.97 Å². The zero-order valence-electron chi connectivity index (χ0n) is 14.1. The SMILES string of the molecule is O=C(/C=C\c1ccco1)Oc1ccc(/C=N/NC(=O)c2ccncc2)cc1. The van der Waals surface area contributed by atoms with Crippen molar-refractivity contribution in [1.29, 1.82) is 0 Å². The standard InChI is InChI=1S/C20H15N3O4/c24-19(8-7-17-2-1-13-26-17)27-18-5-3-15(4-6-18)14-22-23-20(25)16-9-11-21-12-10-16/h1-14H,(H,23,25)/b8-7-,22-14+. The van der Waals surface area contributed by atoms with E-state index in [1.165, 1.54) is 37.0 Å². The second kappa shape index (κ2) is 8.91. The van der Waals surface area contributed by atoms with Crippen molar-refractivity contribution in [2.45, 2.75) is 0 Å². The Kier molecular flexibility index (Phi) is 5.88. The van der Waals surface area contributed by atoms with Crippen molar-refractivity contribution in [3.63, 3.8) is 0 Å². The molecule has 27 heavy (non-hydrogen) atoms. The predicted molar refractivity (Wildman–Crippen MR) is 99.1 cm³/mol. The second-order valence-electron chi connectivity index (χ2n) is 5.27. The fraction of sp³-hybridized carbons (Fsp3) is 0. The van der Waals surface area contributed by atoms with Crippen LogP contribution in [0.1, 0.15) is 21.7 Å². The molecule has 0 saturated carbocycles. The Bertz CT molecular complexity index is 947. The number of nitrogens with zero attached hydrogens (tertiary/aromatic N) is 2. The Labute approximate surface area is 155 Å². The minimum absolute atomic E-state index is 0.331. The molecule has 0 bridgehead atoms. The van der Waals surface area contributed by atoms with Crippen LogP contribution in [0.25, 0.3) is 6.08 Å². The van der Waals surface area contributed by atoms with Gasteiger partial charge < -0.3 is 9.15 Å². The molecule has 0 spiro atoms. The monoisotopic (exact) mass is 361 g/mol. The van der Waals surface area contributed by atoms with E-state index in [0.717, 1.165) is 5.56 Å². The van der Waals surface area contributed by atoms with E-state index in [-0.39, 0.29) is 5.91 Å². The number of ether oxygens (including phenoxy) is 1. The number of pyridine rings is 1. The van der Waals surface area contributed by atoms with Gasteiger partial charge in [0.2, 0.25) is 0 Å². The molecule has 1 aromatic carbocycles. The zero-order chi connectivity index (χ0) is 18.9. The number of benzene rings is 1. The van der Waals surface area contributed by atoms with Crippen LogP contribution < -0.4 is 10.2 Å². The average Bonchev–Trinajstić information content (AvgIpc) is 3.22. The molecule has 1 amide bonds. The quantitative estimate of drug-likeness (QED) is 0.239. The molecule has 134 valence electrons. The highest BCUT2D eigenvalue weighted by Crippen LogP contribution is 2.12. The van der Waals surface area contributed by atoms with Crippen molar-refractivity contribution in [3.05, 3.63) is 90.2 Å². The van der Waals surface area contributed by atoms with E-state index in [9.17, 15) is 9.59 Å². The normalized spacial score (nSPS) is 11.0. The van der Waals surface area contributed by atoms with Gasteiger partial charge in [-0.25, -0.2) is 10.2 Å². The summed E-state index contributed by atoms with van der Waals surface area (Å²) < 4.78 is 10.3. The molecule has 0 aliphatic rings. The first-order chi connectivity index (χ1) is 13.2. The van der Waals surface area contributed by atoms with Crippen LogP contribution in [-0.4, -0.2) is 23.1 Å². The number of nitrogens with one attached hydrogen (secondary N) is 1. The first-order valence-corrected chi connectivity index (χ1v) is 7.97. The molecule has 0 saturated heterocycles. The topological polar surface area (TPSA) is 93.8 Å². The highest BCUT2D eigenvalue weighted by Gasteiger charge is 2.03. The summed E-state index contributed by atoms with van der Waals surface area (Å²) >= 11 is 0. The van der Waals surface area contributed by atoms with E-state index in [4.69, 9.17) is 9.15 Å². The van der Waals surface area contributed by atoms with E-state index in [0.29, 0.717) is 17.1 Å². The molecule has 0 radical (unpaired) electrons. The second-order valence-corrected chi connectivity index (χ2v) is 5.27. The highest BCUT2D eigenvalue weighted by atomic mass is 16.5. The molecule has 0 fully saturated rings. The molecule has 1 N–H and O–H groups in total. The Balaban J connectivity index is 1.51. The van der Waals surface area contributed by atoms with Crippen LogP contribution in [0.5, 0.6) is 5.75 Å². The minimum Gasteiger partial charge on any atom is -0.465 e. The molecule has 0 atom stereocenters. The summed E-state index contributed by atoms with van der Waals surface area (Å²) in [6, 6.07) is 13.3. The lowest BCUT2D eigenvalue weighted by Crippen LogP contribution is -2.17. The number of hydrogen-bond donors (Lipinski definition) is 1. The highest BCUT2D eigenvalue weighted by molar-refractivity contribution is 5.94. The Morgan fingerprint density at radius 1 is 1.07 bits per heavy atom. The number of amides is 1. The number of esters is 1. The van der Waals surface area contributed by atoms with Crippen LogP contribution >= 0.6 is 0 Å². The van der Waals surface area contributed by atoms with Gasteiger partial charge in [0, 0.05) is 24.0 Å². The lowest BCUT2D eigenvalue weighted by atomic mass is 10.2. The van der Waals surface area contributed by atoms with Crippen LogP contribution in [0.4, 0.5) is 0 Å². The maximum atomic E-state index is 11.8. The maximum absolute atomic E-state index is 11.8. The summed E-state index contributed by atoms with van der Waals surface area (Å²) in [5.74, 6) is 0.106. The van der Waals surface area contributed by atoms with E-state index in [2.05, 4.69) is 15.5 Å². The molecule has 7 nitrogen and oxygen atoms in total. The van der Waals surface area contributed by atoms with Gasteiger partial charge in [-0.05, 0) is 60.2 Å². The van der Waals surface area contributed by atoms with Gasteiger partial charge in [0.1, 0.15) is 11.5 Å². The number of hydrogen-bond acceptors (Lipinski definition) is 6. The van der Waals surface area contributed by atoms with Crippen molar-refractivity contribution >= 4 is 24.2 Å². The Hall–Kier alpha value is -4.00. The van der Waals surface area contributed by atoms with Crippen LogP contribution in [0.3, 0.4) is 0 Å². The largest absolute Gasteiger partial charge is 0.465 e. The Morgan fingerprint density at radius 2 is 1.85 bits per heavy atom. The number of carbonyl (C=O) groups is 2. The molecule has 2 heterocycles. The van der Waals surface area contributed by atoms with Gasteiger partial charge in [0.05, 0.1) is 12.5 Å². The fourth-order valence-corrected chi connectivity index (χ4v) is 2.04. The summed E-state index contributed by atoms with van der Waals surface area (Å²) in [7, 11) is 0. The van der Waals surface area contributed by atoms with Crippen LogP contribution in [0.2, 0.25) is 0 Å². The number of rotatable bonds is 6. The molecule has 2 aromatic heterocycles. The van der Waals surface area contributed by atoms with Crippen LogP contribution in [0, 0.1) is 0 Å². The first kappa shape index (κ1) is 17.8. The molecular formula is C20H15N3O4. The fourth-order valence-electron chi connectivity index (χ4n) is 2.04. The molecule has 0 unspecified atom stereocenters. The first-order valence-electron chi connectivity index (χ1n) is 7.97. The zero-order valence-corrected chi connectivity index (χ0v) is 14.1. The third kappa shape index (κ3) is 5.50. The van der Waals surface area contributed by atoms with Gasteiger partial charge in [-0.1, -0.05) is 0 Å². The van der Waals surface area contributed by atoms with Crippen LogP contribution in [-0.2, 0) is 4.79 Å². The van der Waals surface area contributed by atoms with Gasteiger partial charge >= 0.3 is 5.97 Å². The van der Waals surface area contributed by atoms with E-state index in [1.54, 1.807) is 48.5 Å². The smallest absolute Gasteiger partial charge is 0.336 e. The molecule has 3 aromatic rings. The van der Waals surface area contributed by atoms with E-state index in [1.807, 2.05) is 0 Å². The summed E-state index contributed by atoms with van der Waals surface area (Å²) in [5, 5.41) is 3.89. The number of hydrazone groups is 1. The van der Waals surface area contributed by atoms with E-state index >= 15 is 0 Å². The van der Waals surface area contributed by atoms with Crippen molar-refractivity contribution in [3.8, 4) is 5.75 Å². The molecule has 0 aliphatic heterocycles. The summed E-state index contributed by atoms with van der Waals surface area (Å²) in [6.45, 7) is 0. The number of furan rings is 1. The number of carbonyl (C=O) groups excluding carboxylic acids is 2. The maximum Gasteiger partial charge on any atom is 0.336 e. The number of aromatic nitrogens is 1. The van der Waals surface area contributed by atoms with Gasteiger partial charge in [-0.2, -0.15) is 5.10 Å². The molecule has 3 rings (SSSR count). The third-order valence-corrected chi connectivity index (χ3v) is 3.35. The molecular weight excluding hydrogens is 346 g/mol. The predicted octanol–water partition coefficient (Wildman–Crippen LogP) is 3.06. The van der Waals surface area contributed by atoms with Gasteiger partial charge in [0.15, 0.2) is 0 Å². The molecule has 7 heteroatoms. The van der Waals surface area contributed by atoms with Gasteiger partial charge in [-0.3, -0.25) is 9.78 Å². The summed E-state index contributed by atoms with van der Waals surface area (Å²) in [5.41, 5.74) is 3.62. The van der Waals surface area contributed by atoms with Gasteiger partial charge in [-0.15, -0.1) is 0 Å².